The van der Waals surface area contributed by atoms with Gasteiger partial charge in [0, 0.05) is 0 Å². The molecule has 0 aliphatic carbocycles. The second kappa shape index (κ2) is 15.5. The highest BCUT2D eigenvalue weighted by atomic mass is 13.9. The van der Waals surface area contributed by atoms with Gasteiger partial charge in [-0.25, -0.2) is 0 Å². The summed E-state index contributed by atoms with van der Waals surface area (Å²) in [6, 6.07) is 0. The highest BCUT2D eigenvalue weighted by Crippen LogP contribution is 2.08. The first-order chi connectivity index (χ1) is 8.41. The van der Waals surface area contributed by atoms with Gasteiger partial charge in [0.25, 0.3) is 0 Å². The number of unbranched alkanes of at least 4 members (excludes halogenated alkanes) is 10. The Morgan fingerprint density at radius 1 is 0.647 bits per heavy atom. The van der Waals surface area contributed by atoms with Crippen molar-refractivity contribution in [2.24, 2.45) is 0 Å². The van der Waals surface area contributed by atoms with E-state index in [1.165, 1.54) is 70.6 Å². The van der Waals surface area contributed by atoms with E-state index in [-0.39, 0.29) is 0 Å². The van der Waals surface area contributed by atoms with Crippen molar-refractivity contribution in [1.82, 2.24) is 0 Å². The van der Waals surface area contributed by atoms with Gasteiger partial charge >= 0.3 is 0 Å². The van der Waals surface area contributed by atoms with Gasteiger partial charge in [0.15, 0.2) is 0 Å². The van der Waals surface area contributed by atoms with Crippen molar-refractivity contribution in [2.75, 3.05) is 0 Å². The van der Waals surface area contributed by atoms with Crippen molar-refractivity contribution in [1.29, 1.82) is 0 Å². The van der Waals surface area contributed by atoms with Crippen LogP contribution in [0, 0.1) is 6.58 Å². The Morgan fingerprint density at radius 3 is 1.65 bits per heavy atom. The predicted molar refractivity (Wildman–Crippen MR) is 79.1 cm³/mol. The quantitative estimate of drug-likeness (QED) is 0.262. The molecule has 0 nitrogen and oxygen atoms in total. The molecule has 99 valence electrons. The van der Waals surface area contributed by atoms with E-state index < -0.39 is 0 Å². The molecule has 0 aromatic carbocycles. The van der Waals surface area contributed by atoms with Crippen LogP contribution < -0.4 is 0 Å². The Kier molecular flexibility index (Phi) is 15.0. The van der Waals surface area contributed by atoms with Crippen molar-refractivity contribution >= 4 is 0 Å². The van der Waals surface area contributed by atoms with E-state index >= 15 is 0 Å². The lowest BCUT2D eigenvalue weighted by atomic mass is 10.1. The lowest BCUT2D eigenvalue weighted by Gasteiger charge is -1.98. The topological polar surface area (TPSA) is 0 Å². The standard InChI is InChI=1S/C17H31/c1-3-5-7-9-11-13-15-17-16-14-12-10-8-6-4-2/h1,3,14,16H,4-13,15,17H2,2H3/b3-1?,16-14+. The van der Waals surface area contributed by atoms with Crippen LogP contribution in [-0.2, 0) is 0 Å². The van der Waals surface area contributed by atoms with Gasteiger partial charge in [-0.3, -0.25) is 0 Å². The van der Waals surface area contributed by atoms with E-state index in [0.29, 0.717) is 0 Å². The third kappa shape index (κ3) is 15.5. The van der Waals surface area contributed by atoms with E-state index in [0.717, 1.165) is 6.42 Å². The van der Waals surface area contributed by atoms with E-state index in [9.17, 15) is 0 Å². The van der Waals surface area contributed by atoms with Gasteiger partial charge in [-0.2, -0.15) is 0 Å². The Morgan fingerprint density at radius 2 is 1.12 bits per heavy atom. The molecule has 0 unspecified atom stereocenters. The third-order valence-corrected chi connectivity index (χ3v) is 3.13. The molecule has 1 radical (unpaired) electrons. The first-order valence-corrected chi connectivity index (χ1v) is 7.60. The molecule has 0 amide bonds. The number of rotatable bonds is 13. The average molecular weight is 235 g/mol. The molecule has 0 fully saturated rings. The minimum atomic E-state index is 1.08. The highest BCUT2D eigenvalue weighted by molar-refractivity contribution is 4.81. The first kappa shape index (κ1) is 16.5. The molecule has 0 spiro atoms. The van der Waals surface area contributed by atoms with E-state index in [1.54, 1.807) is 6.08 Å². The average Bonchev–Trinajstić information content (AvgIpc) is 2.35. The Hall–Kier alpha value is -0.520. The monoisotopic (exact) mass is 235 g/mol. The second-order valence-corrected chi connectivity index (χ2v) is 4.90. The minimum absolute atomic E-state index is 1.08. The smallest absolute Gasteiger partial charge is 0.0348 e. The molecule has 0 bridgehead atoms. The number of hydrogen-bond donors (Lipinski definition) is 0. The van der Waals surface area contributed by atoms with Crippen molar-refractivity contribution in [3.63, 3.8) is 0 Å². The fraction of sp³-hybridized carbons (Fsp3) is 0.765. The molecule has 0 atom stereocenters. The van der Waals surface area contributed by atoms with Gasteiger partial charge in [-0.15, -0.1) is 0 Å². The van der Waals surface area contributed by atoms with Crippen LogP contribution in [0.4, 0.5) is 0 Å². The number of hydrogen-bond acceptors (Lipinski definition) is 0. The molecule has 0 N–H and O–H groups in total. The summed E-state index contributed by atoms with van der Waals surface area (Å²) in [4.78, 5) is 0. The Bertz CT molecular complexity index is 167. The number of allylic oxidation sites excluding steroid dienone is 3. The molecular formula is C17H31. The Balaban J connectivity index is 3.01. The van der Waals surface area contributed by atoms with Crippen molar-refractivity contribution in [2.45, 2.75) is 84.0 Å². The molecule has 0 aliphatic rings. The molecule has 0 aromatic heterocycles. The van der Waals surface area contributed by atoms with Gasteiger partial charge in [-0.1, -0.05) is 70.3 Å². The van der Waals surface area contributed by atoms with Crippen molar-refractivity contribution < 1.29 is 0 Å². The summed E-state index contributed by atoms with van der Waals surface area (Å²) >= 11 is 0. The SMILES string of the molecule is [CH]=CCCCCCCC/C=C/CCCCCC. The maximum absolute atomic E-state index is 5.33. The zero-order valence-corrected chi connectivity index (χ0v) is 11.8. The van der Waals surface area contributed by atoms with Gasteiger partial charge in [0.1, 0.15) is 0 Å². The molecule has 0 heterocycles. The lowest BCUT2D eigenvalue weighted by Crippen LogP contribution is -1.78. The van der Waals surface area contributed by atoms with Crippen LogP contribution in [-0.4, -0.2) is 0 Å². The largest absolute Gasteiger partial charge is 0.0885 e. The molecular weight excluding hydrogens is 204 g/mol. The van der Waals surface area contributed by atoms with E-state index in [1.807, 2.05) is 0 Å². The summed E-state index contributed by atoms with van der Waals surface area (Å²) < 4.78 is 0. The zero-order chi connectivity index (χ0) is 12.6. The third-order valence-electron chi connectivity index (χ3n) is 3.13. The van der Waals surface area contributed by atoms with Gasteiger partial charge in [0.05, 0.1) is 0 Å². The first-order valence-electron chi connectivity index (χ1n) is 7.60. The maximum atomic E-state index is 5.33. The fourth-order valence-electron chi connectivity index (χ4n) is 1.98. The van der Waals surface area contributed by atoms with Crippen molar-refractivity contribution in [3.8, 4) is 0 Å². The molecule has 0 rings (SSSR count). The summed E-state index contributed by atoms with van der Waals surface area (Å²) in [5, 5.41) is 0. The van der Waals surface area contributed by atoms with Crippen LogP contribution in [0.1, 0.15) is 84.0 Å². The van der Waals surface area contributed by atoms with E-state index in [4.69, 9.17) is 6.58 Å². The highest BCUT2D eigenvalue weighted by Gasteiger charge is 1.88. The predicted octanol–water partition coefficient (Wildman–Crippen LogP) is 6.23. The summed E-state index contributed by atoms with van der Waals surface area (Å²) in [6.07, 6.45) is 22.4. The molecule has 0 saturated carbocycles. The lowest BCUT2D eigenvalue weighted by molar-refractivity contribution is 0.621. The minimum Gasteiger partial charge on any atom is -0.0885 e. The summed E-state index contributed by atoms with van der Waals surface area (Å²) in [6.45, 7) is 7.60. The van der Waals surface area contributed by atoms with Crippen LogP contribution in [0.5, 0.6) is 0 Å². The van der Waals surface area contributed by atoms with Gasteiger partial charge < -0.3 is 0 Å². The summed E-state index contributed by atoms with van der Waals surface area (Å²) in [5.74, 6) is 0. The zero-order valence-electron chi connectivity index (χ0n) is 11.8. The summed E-state index contributed by atoms with van der Waals surface area (Å²) in [7, 11) is 0. The summed E-state index contributed by atoms with van der Waals surface area (Å²) in [5.41, 5.74) is 0. The second-order valence-electron chi connectivity index (χ2n) is 4.90. The van der Waals surface area contributed by atoms with Gasteiger partial charge in [0.2, 0.25) is 0 Å². The normalized spacial score (nSPS) is 11.1. The Labute approximate surface area is 109 Å². The molecule has 0 aliphatic heterocycles. The molecule has 17 heavy (non-hydrogen) atoms. The van der Waals surface area contributed by atoms with Crippen LogP contribution >= 0.6 is 0 Å². The van der Waals surface area contributed by atoms with Crippen LogP contribution in [0.3, 0.4) is 0 Å². The molecule has 0 aromatic rings. The molecule has 0 saturated heterocycles. The van der Waals surface area contributed by atoms with Crippen LogP contribution in [0.2, 0.25) is 0 Å². The molecule has 0 heteroatoms. The van der Waals surface area contributed by atoms with Crippen LogP contribution in [0.25, 0.3) is 0 Å². The van der Waals surface area contributed by atoms with Crippen LogP contribution in [0.15, 0.2) is 18.2 Å². The fourth-order valence-corrected chi connectivity index (χ4v) is 1.98. The maximum Gasteiger partial charge on any atom is -0.0348 e. The van der Waals surface area contributed by atoms with Crippen molar-refractivity contribution in [3.05, 3.63) is 24.8 Å². The van der Waals surface area contributed by atoms with Gasteiger partial charge in [-0.05, 0) is 38.5 Å². The van der Waals surface area contributed by atoms with E-state index in [2.05, 4.69) is 19.1 Å².